The molecule has 0 saturated carbocycles. The molecule has 18 heavy (non-hydrogen) atoms. The van der Waals surface area contributed by atoms with Crippen molar-refractivity contribution in [2.45, 2.75) is 0 Å². The zero-order chi connectivity index (χ0) is 13.1. The summed E-state index contributed by atoms with van der Waals surface area (Å²) in [6.07, 6.45) is 0. The molecule has 3 N–H and O–H groups in total. The zero-order valence-corrected chi connectivity index (χ0v) is 11.9. The topological polar surface area (TPSA) is 60.2 Å². The first-order chi connectivity index (χ1) is 8.60. The van der Waals surface area contributed by atoms with Crippen LogP contribution in [0.3, 0.4) is 0 Å². The van der Waals surface area contributed by atoms with Crippen molar-refractivity contribution in [3.8, 4) is 5.88 Å². The molecular weight excluding hydrogens is 318 g/mol. The average Bonchev–Trinajstić information content (AvgIpc) is 2.35. The molecule has 6 heteroatoms. The predicted molar refractivity (Wildman–Crippen MR) is 77.6 cm³/mol. The summed E-state index contributed by atoms with van der Waals surface area (Å²) in [7, 11) is 1.56. The van der Waals surface area contributed by atoms with Crippen LogP contribution in [0.4, 0.5) is 17.2 Å². The average molecular weight is 329 g/mol. The summed E-state index contributed by atoms with van der Waals surface area (Å²) in [6.45, 7) is 0. The van der Waals surface area contributed by atoms with Gasteiger partial charge in [0.25, 0.3) is 0 Å². The minimum absolute atomic E-state index is 0.497. The first kappa shape index (κ1) is 13.0. The van der Waals surface area contributed by atoms with Gasteiger partial charge in [0.15, 0.2) is 5.82 Å². The molecular formula is C12H11BrClN3O. The fourth-order valence-corrected chi connectivity index (χ4v) is 2.17. The number of benzene rings is 1. The number of pyridine rings is 1. The molecule has 1 heterocycles. The monoisotopic (exact) mass is 327 g/mol. The van der Waals surface area contributed by atoms with Crippen LogP contribution < -0.4 is 15.8 Å². The highest BCUT2D eigenvalue weighted by Crippen LogP contribution is 2.30. The second kappa shape index (κ2) is 5.46. The molecule has 4 nitrogen and oxygen atoms in total. The van der Waals surface area contributed by atoms with E-state index in [9.17, 15) is 0 Å². The molecule has 0 aliphatic carbocycles. The summed E-state index contributed by atoms with van der Waals surface area (Å²) in [5.74, 6) is 1.04. The van der Waals surface area contributed by atoms with Gasteiger partial charge in [-0.15, -0.1) is 0 Å². The molecule has 0 fully saturated rings. The zero-order valence-electron chi connectivity index (χ0n) is 9.58. The number of nitrogens with zero attached hydrogens (tertiary/aromatic N) is 1. The van der Waals surface area contributed by atoms with Crippen molar-refractivity contribution in [1.82, 2.24) is 4.98 Å². The highest BCUT2D eigenvalue weighted by atomic mass is 79.9. The number of halogens is 2. The quantitative estimate of drug-likeness (QED) is 0.899. The van der Waals surface area contributed by atoms with Crippen LogP contribution in [0.5, 0.6) is 5.88 Å². The first-order valence-corrected chi connectivity index (χ1v) is 6.30. The van der Waals surface area contributed by atoms with Crippen molar-refractivity contribution in [2.24, 2.45) is 0 Å². The number of rotatable bonds is 3. The van der Waals surface area contributed by atoms with Gasteiger partial charge in [-0.3, -0.25) is 0 Å². The van der Waals surface area contributed by atoms with E-state index in [1.54, 1.807) is 31.4 Å². The van der Waals surface area contributed by atoms with Gasteiger partial charge in [0.05, 0.1) is 18.5 Å². The number of nitrogens with two attached hydrogens (primary N) is 1. The lowest BCUT2D eigenvalue weighted by Gasteiger charge is -2.11. The van der Waals surface area contributed by atoms with Crippen molar-refractivity contribution in [2.75, 3.05) is 18.2 Å². The van der Waals surface area contributed by atoms with Gasteiger partial charge in [0.2, 0.25) is 5.88 Å². The van der Waals surface area contributed by atoms with E-state index in [0.717, 1.165) is 10.2 Å². The number of hydrogen-bond acceptors (Lipinski definition) is 4. The van der Waals surface area contributed by atoms with Crippen molar-refractivity contribution >= 4 is 44.7 Å². The Bertz CT molecular complexity index is 577. The van der Waals surface area contributed by atoms with Crippen LogP contribution in [0.1, 0.15) is 0 Å². The minimum atomic E-state index is 0.497. The fourth-order valence-electron chi connectivity index (χ4n) is 1.38. The largest absolute Gasteiger partial charge is 0.481 e. The van der Waals surface area contributed by atoms with E-state index in [2.05, 4.69) is 26.2 Å². The van der Waals surface area contributed by atoms with E-state index < -0.39 is 0 Å². The summed E-state index contributed by atoms with van der Waals surface area (Å²) in [4.78, 5) is 4.24. The molecule has 0 bridgehead atoms. The molecule has 1 aromatic carbocycles. The van der Waals surface area contributed by atoms with Crippen molar-refractivity contribution in [1.29, 1.82) is 0 Å². The van der Waals surface area contributed by atoms with Gasteiger partial charge in [-0.05, 0) is 40.2 Å². The standard InChI is InChI=1S/C12H11BrClN3O/c1-18-11-5-3-9(15)12(17-11)16-10-4-2-7(14)6-8(10)13/h2-6H,15H2,1H3,(H,16,17). The number of methoxy groups -OCH3 is 1. The molecule has 0 atom stereocenters. The Balaban J connectivity index is 2.33. The van der Waals surface area contributed by atoms with Crippen LogP contribution in [0.2, 0.25) is 5.02 Å². The number of anilines is 3. The first-order valence-electron chi connectivity index (χ1n) is 5.12. The Morgan fingerprint density at radius 1 is 1.33 bits per heavy atom. The number of hydrogen-bond donors (Lipinski definition) is 2. The van der Waals surface area contributed by atoms with E-state index in [1.807, 2.05) is 6.07 Å². The smallest absolute Gasteiger partial charge is 0.215 e. The van der Waals surface area contributed by atoms with Crippen LogP contribution in [0.15, 0.2) is 34.8 Å². The SMILES string of the molecule is COc1ccc(N)c(Nc2ccc(Cl)cc2Br)n1. The lowest BCUT2D eigenvalue weighted by Crippen LogP contribution is -2.01. The van der Waals surface area contributed by atoms with Gasteiger partial charge in [-0.2, -0.15) is 4.98 Å². The van der Waals surface area contributed by atoms with E-state index in [4.69, 9.17) is 22.1 Å². The second-order valence-electron chi connectivity index (χ2n) is 3.54. The third kappa shape index (κ3) is 2.86. The molecule has 0 aliphatic rings. The predicted octanol–water partition coefficient (Wildman–Crippen LogP) is 3.83. The normalized spacial score (nSPS) is 10.2. The van der Waals surface area contributed by atoms with E-state index >= 15 is 0 Å². The van der Waals surface area contributed by atoms with E-state index in [0.29, 0.717) is 22.4 Å². The highest BCUT2D eigenvalue weighted by Gasteiger charge is 2.06. The molecule has 94 valence electrons. The van der Waals surface area contributed by atoms with Gasteiger partial charge in [0, 0.05) is 15.6 Å². The maximum absolute atomic E-state index is 5.88. The van der Waals surface area contributed by atoms with Gasteiger partial charge in [-0.25, -0.2) is 0 Å². The third-order valence-corrected chi connectivity index (χ3v) is 3.19. The van der Waals surface area contributed by atoms with Crippen LogP contribution in [0, 0.1) is 0 Å². The summed E-state index contributed by atoms with van der Waals surface area (Å²) >= 11 is 9.30. The molecule has 0 aliphatic heterocycles. The van der Waals surface area contributed by atoms with Crippen LogP contribution in [-0.2, 0) is 0 Å². The third-order valence-electron chi connectivity index (χ3n) is 2.29. The minimum Gasteiger partial charge on any atom is -0.481 e. The van der Waals surface area contributed by atoms with Crippen molar-refractivity contribution in [3.63, 3.8) is 0 Å². The molecule has 0 saturated heterocycles. The number of nitrogen functional groups attached to an aromatic ring is 1. The molecule has 0 unspecified atom stereocenters. The number of nitrogens with one attached hydrogen (secondary N) is 1. The van der Waals surface area contributed by atoms with Gasteiger partial charge >= 0.3 is 0 Å². The van der Waals surface area contributed by atoms with Crippen molar-refractivity contribution in [3.05, 3.63) is 39.8 Å². The Kier molecular flexibility index (Phi) is 3.93. The Hall–Kier alpha value is -1.46. The fraction of sp³-hybridized carbons (Fsp3) is 0.0833. The maximum Gasteiger partial charge on any atom is 0.215 e. The van der Waals surface area contributed by atoms with Gasteiger partial charge in [0.1, 0.15) is 0 Å². The molecule has 1 aromatic heterocycles. The summed E-state index contributed by atoms with van der Waals surface area (Å²) in [5.41, 5.74) is 7.22. The van der Waals surface area contributed by atoms with Crippen LogP contribution >= 0.6 is 27.5 Å². The van der Waals surface area contributed by atoms with Crippen LogP contribution in [-0.4, -0.2) is 12.1 Å². The Labute approximate surface area is 118 Å². The number of ether oxygens (including phenoxy) is 1. The molecule has 0 radical (unpaired) electrons. The summed E-state index contributed by atoms with van der Waals surface area (Å²) in [5, 5.41) is 3.77. The Morgan fingerprint density at radius 2 is 2.11 bits per heavy atom. The Morgan fingerprint density at radius 3 is 2.78 bits per heavy atom. The van der Waals surface area contributed by atoms with Gasteiger partial charge in [-0.1, -0.05) is 11.6 Å². The second-order valence-corrected chi connectivity index (χ2v) is 4.83. The molecule has 2 aromatic rings. The summed E-state index contributed by atoms with van der Waals surface area (Å²) < 4.78 is 5.89. The molecule has 2 rings (SSSR count). The van der Waals surface area contributed by atoms with Crippen LogP contribution in [0.25, 0.3) is 0 Å². The summed E-state index contributed by atoms with van der Waals surface area (Å²) in [6, 6.07) is 8.85. The highest BCUT2D eigenvalue weighted by molar-refractivity contribution is 9.10. The van der Waals surface area contributed by atoms with Gasteiger partial charge < -0.3 is 15.8 Å². The maximum atomic E-state index is 5.88. The lowest BCUT2D eigenvalue weighted by atomic mass is 10.3. The van der Waals surface area contributed by atoms with E-state index in [1.165, 1.54) is 0 Å². The van der Waals surface area contributed by atoms with Crippen molar-refractivity contribution < 1.29 is 4.74 Å². The van der Waals surface area contributed by atoms with E-state index in [-0.39, 0.29) is 0 Å². The number of aromatic nitrogens is 1. The molecule has 0 spiro atoms. The lowest BCUT2D eigenvalue weighted by molar-refractivity contribution is 0.398. The molecule has 0 amide bonds.